The van der Waals surface area contributed by atoms with Gasteiger partial charge in [0.05, 0.1) is 0 Å². The van der Waals surface area contributed by atoms with Gasteiger partial charge in [-0.25, -0.2) is 0 Å². The standard InChI is InChI=1S/C18H23N.ClH.H3N/c19-18(17-13-7-3-8-14-17)15-9-2-6-12-16-10-4-1-5-11-16;;/h1,3-5,7-8,10-11,13-14,18H,2,6,9,12,15,19H2;1H;1H3. The van der Waals surface area contributed by atoms with E-state index in [1.165, 1.54) is 36.8 Å². The lowest BCUT2D eigenvalue weighted by Gasteiger charge is -2.11. The van der Waals surface area contributed by atoms with E-state index in [4.69, 9.17) is 5.73 Å². The molecular weight excluding hydrogens is 280 g/mol. The Hall–Kier alpha value is -1.35. The van der Waals surface area contributed by atoms with Gasteiger partial charge in [-0.15, -0.1) is 12.4 Å². The molecule has 116 valence electrons. The lowest BCUT2D eigenvalue weighted by molar-refractivity contribution is 0.570. The van der Waals surface area contributed by atoms with Gasteiger partial charge < -0.3 is 11.9 Å². The summed E-state index contributed by atoms with van der Waals surface area (Å²) >= 11 is 0. The highest BCUT2D eigenvalue weighted by atomic mass is 35.5. The van der Waals surface area contributed by atoms with E-state index in [1.807, 2.05) is 6.07 Å². The molecule has 2 rings (SSSR count). The third-order valence-corrected chi connectivity index (χ3v) is 3.55. The SMILES string of the molecule is Cl.N.NC(CCCCCc1ccccc1)c1ccccc1. The zero-order valence-corrected chi connectivity index (χ0v) is 13.4. The number of benzene rings is 2. The van der Waals surface area contributed by atoms with Crippen molar-refractivity contribution in [2.75, 3.05) is 0 Å². The minimum absolute atomic E-state index is 0. The first-order valence-electron chi connectivity index (χ1n) is 7.21. The highest BCUT2D eigenvalue weighted by Gasteiger charge is 2.04. The predicted molar refractivity (Wildman–Crippen MR) is 94.3 cm³/mol. The van der Waals surface area contributed by atoms with Crippen LogP contribution in [0.25, 0.3) is 0 Å². The highest BCUT2D eigenvalue weighted by Crippen LogP contribution is 2.17. The van der Waals surface area contributed by atoms with Crippen molar-refractivity contribution in [1.29, 1.82) is 0 Å². The van der Waals surface area contributed by atoms with Crippen molar-refractivity contribution in [3.05, 3.63) is 71.8 Å². The maximum absolute atomic E-state index is 6.19. The van der Waals surface area contributed by atoms with E-state index in [-0.39, 0.29) is 24.6 Å². The van der Waals surface area contributed by atoms with Crippen LogP contribution in [0.2, 0.25) is 0 Å². The van der Waals surface area contributed by atoms with Crippen LogP contribution in [0.15, 0.2) is 60.7 Å². The van der Waals surface area contributed by atoms with E-state index in [2.05, 4.69) is 54.6 Å². The molecule has 1 unspecified atom stereocenters. The Kier molecular flexibility index (Phi) is 10.6. The van der Waals surface area contributed by atoms with Crippen molar-refractivity contribution in [1.82, 2.24) is 6.15 Å². The lowest BCUT2D eigenvalue weighted by Crippen LogP contribution is -2.09. The molecule has 0 fully saturated rings. The van der Waals surface area contributed by atoms with Crippen LogP contribution in [-0.4, -0.2) is 0 Å². The van der Waals surface area contributed by atoms with Gasteiger partial charge >= 0.3 is 0 Å². The van der Waals surface area contributed by atoms with Crippen LogP contribution in [0.4, 0.5) is 0 Å². The van der Waals surface area contributed by atoms with Crippen LogP contribution in [0.3, 0.4) is 0 Å². The smallest absolute Gasteiger partial charge is 0.0294 e. The molecule has 0 saturated carbocycles. The van der Waals surface area contributed by atoms with E-state index in [1.54, 1.807) is 0 Å². The van der Waals surface area contributed by atoms with Crippen molar-refractivity contribution in [3.63, 3.8) is 0 Å². The second-order valence-corrected chi connectivity index (χ2v) is 5.10. The van der Waals surface area contributed by atoms with Crippen LogP contribution < -0.4 is 11.9 Å². The van der Waals surface area contributed by atoms with Gasteiger partial charge in [0.2, 0.25) is 0 Å². The first-order chi connectivity index (χ1) is 9.36. The van der Waals surface area contributed by atoms with E-state index in [0.29, 0.717) is 0 Å². The molecule has 0 saturated heterocycles. The van der Waals surface area contributed by atoms with E-state index in [9.17, 15) is 0 Å². The average Bonchev–Trinajstić information content (AvgIpc) is 2.49. The fraction of sp³-hybridized carbons (Fsp3) is 0.333. The fourth-order valence-electron chi connectivity index (χ4n) is 2.38. The summed E-state index contributed by atoms with van der Waals surface area (Å²) in [4.78, 5) is 0. The number of rotatable bonds is 7. The van der Waals surface area contributed by atoms with Crippen molar-refractivity contribution in [3.8, 4) is 0 Å². The Labute approximate surface area is 134 Å². The molecule has 5 N–H and O–H groups in total. The molecule has 2 nitrogen and oxygen atoms in total. The number of hydrogen-bond donors (Lipinski definition) is 2. The number of aryl methyl sites for hydroxylation is 1. The van der Waals surface area contributed by atoms with Crippen molar-refractivity contribution in [2.45, 2.75) is 38.1 Å². The summed E-state index contributed by atoms with van der Waals surface area (Å²) < 4.78 is 0. The first kappa shape index (κ1) is 19.7. The Morgan fingerprint density at radius 3 is 1.95 bits per heavy atom. The first-order valence-corrected chi connectivity index (χ1v) is 7.21. The summed E-state index contributed by atoms with van der Waals surface area (Å²) in [6.07, 6.45) is 5.99. The molecule has 0 aliphatic rings. The number of nitrogens with two attached hydrogens (primary N) is 1. The zero-order valence-electron chi connectivity index (χ0n) is 12.6. The average molecular weight is 307 g/mol. The van der Waals surface area contributed by atoms with E-state index < -0.39 is 0 Å². The van der Waals surface area contributed by atoms with Crippen LogP contribution in [-0.2, 0) is 6.42 Å². The van der Waals surface area contributed by atoms with Gasteiger partial charge in [-0.1, -0.05) is 73.5 Å². The zero-order chi connectivity index (χ0) is 13.3. The maximum atomic E-state index is 6.19. The normalized spacial score (nSPS) is 11.1. The minimum Gasteiger partial charge on any atom is -0.344 e. The van der Waals surface area contributed by atoms with E-state index in [0.717, 1.165) is 6.42 Å². The summed E-state index contributed by atoms with van der Waals surface area (Å²) in [5, 5.41) is 0. The molecule has 0 bridgehead atoms. The molecule has 3 heteroatoms. The van der Waals surface area contributed by atoms with Crippen LogP contribution >= 0.6 is 12.4 Å². The predicted octanol–water partition coefficient (Wildman–Crippen LogP) is 5.07. The van der Waals surface area contributed by atoms with Gasteiger partial charge in [0.1, 0.15) is 0 Å². The summed E-state index contributed by atoms with van der Waals surface area (Å²) in [6.45, 7) is 0. The topological polar surface area (TPSA) is 61.0 Å². The fourth-order valence-corrected chi connectivity index (χ4v) is 2.38. The lowest BCUT2D eigenvalue weighted by atomic mass is 10.00. The van der Waals surface area contributed by atoms with Crippen LogP contribution in [0, 0.1) is 0 Å². The number of halogens is 1. The molecular formula is C18H27ClN2. The van der Waals surface area contributed by atoms with Gasteiger partial charge in [0.15, 0.2) is 0 Å². The molecule has 0 amide bonds. The summed E-state index contributed by atoms with van der Waals surface area (Å²) in [6, 6.07) is 21.3. The molecule has 0 radical (unpaired) electrons. The molecule has 2 aromatic rings. The third kappa shape index (κ3) is 7.28. The Bertz CT molecular complexity index is 459. The molecule has 0 spiro atoms. The minimum atomic E-state index is 0. The third-order valence-electron chi connectivity index (χ3n) is 3.55. The second kappa shape index (κ2) is 11.3. The van der Waals surface area contributed by atoms with Crippen LogP contribution in [0.1, 0.15) is 42.9 Å². The molecule has 0 aliphatic heterocycles. The number of unbranched alkanes of at least 4 members (excludes halogenated alkanes) is 2. The van der Waals surface area contributed by atoms with Crippen molar-refractivity contribution in [2.24, 2.45) is 5.73 Å². The molecule has 2 aromatic carbocycles. The Morgan fingerprint density at radius 1 is 0.762 bits per heavy atom. The quantitative estimate of drug-likeness (QED) is 0.701. The summed E-state index contributed by atoms with van der Waals surface area (Å²) in [5.74, 6) is 0. The van der Waals surface area contributed by atoms with Gasteiger partial charge in [0.25, 0.3) is 0 Å². The largest absolute Gasteiger partial charge is 0.344 e. The summed E-state index contributed by atoms with van der Waals surface area (Å²) in [7, 11) is 0. The van der Waals surface area contributed by atoms with Gasteiger partial charge in [0, 0.05) is 6.04 Å². The van der Waals surface area contributed by atoms with Crippen molar-refractivity contribution >= 4 is 12.4 Å². The Morgan fingerprint density at radius 2 is 1.33 bits per heavy atom. The highest BCUT2D eigenvalue weighted by molar-refractivity contribution is 5.85. The van der Waals surface area contributed by atoms with Crippen molar-refractivity contribution < 1.29 is 0 Å². The second-order valence-electron chi connectivity index (χ2n) is 5.10. The van der Waals surface area contributed by atoms with E-state index >= 15 is 0 Å². The van der Waals surface area contributed by atoms with Gasteiger partial charge in [-0.05, 0) is 30.4 Å². The molecule has 1 atom stereocenters. The summed E-state index contributed by atoms with van der Waals surface area (Å²) in [5.41, 5.74) is 8.88. The maximum Gasteiger partial charge on any atom is 0.0294 e. The molecule has 0 aliphatic carbocycles. The Balaban J connectivity index is 0.00000200. The molecule has 0 heterocycles. The molecule has 0 aromatic heterocycles. The monoisotopic (exact) mass is 306 g/mol. The molecule has 21 heavy (non-hydrogen) atoms. The van der Waals surface area contributed by atoms with Crippen LogP contribution in [0.5, 0.6) is 0 Å². The number of hydrogen-bond acceptors (Lipinski definition) is 2. The van der Waals surface area contributed by atoms with Gasteiger partial charge in [-0.3, -0.25) is 0 Å². The van der Waals surface area contributed by atoms with Gasteiger partial charge in [-0.2, -0.15) is 0 Å².